The Morgan fingerprint density at radius 2 is 1.50 bits per heavy atom. The van der Waals surface area contributed by atoms with E-state index in [1.807, 2.05) is 0 Å². The molecule has 0 radical (unpaired) electrons. The van der Waals surface area contributed by atoms with Gasteiger partial charge in [-0.15, -0.1) is 0 Å². The van der Waals surface area contributed by atoms with Gasteiger partial charge in [0.25, 0.3) is 0 Å². The van der Waals surface area contributed by atoms with Crippen LogP contribution in [-0.2, 0) is 4.74 Å². The zero-order chi connectivity index (χ0) is 13.0. The smallest absolute Gasteiger partial charge is 0.0606 e. The van der Waals surface area contributed by atoms with E-state index in [4.69, 9.17) is 4.74 Å². The van der Waals surface area contributed by atoms with Gasteiger partial charge in [-0.25, -0.2) is 0 Å². The molecule has 0 spiro atoms. The first-order valence-electron chi connectivity index (χ1n) is 8.32. The molecule has 0 aromatic rings. The molecule has 4 atom stereocenters. The van der Waals surface area contributed by atoms with E-state index >= 15 is 0 Å². The lowest BCUT2D eigenvalue weighted by Gasteiger charge is -2.38. The van der Waals surface area contributed by atoms with Crippen LogP contribution in [-0.4, -0.2) is 12.2 Å². The van der Waals surface area contributed by atoms with Crippen molar-refractivity contribution in [3.8, 4) is 0 Å². The summed E-state index contributed by atoms with van der Waals surface area (Å²) in [5, 5.41) is 0. The Morgan fingerprint density at radius 3 is 2.17 bits per heavy atom. The van der Waals surface area contributed by atoms with Crippen molar-refractivity contribution in [2.24, 2.45) is 17.8 Å². The van der Waals surface area contributed by atoms with Crippen molar-refractivity contribution in [3.05, 3.63) is 0 Å². The van der Waals surface area contributed by atoms with Gasteiger partial charge in [-0.1, -0.05) is 45.4 Å². The lowest BCUT2D eigenvalue weighted by Crippen LogP contribution is -2.33. The third kappa shape index (κ3) is 3.98. The third-order valence-electron chi connectivity index (χ3n) is 5.18. The molecular formula is C17H32O. The number of hydrogen-bond acceptors (Lipinski definition) is 1. The van der Waals surface area contributed by atoms with Crippen LogP contribution in [0.25, 0.3) is 0 Å². The van der Waals surface area contributed by atoms with Crippen LogP contribution in [0.3, 0.4) is 0 Å². The zero-order valence-corrected chi connectivity index (χ0v) is 12.7. The molecule has 106 valence electrons. The van der Waals surface area contributed by atoms with Crippen molar-refractivity contribution in [1.29, 1.82) is 0 Å². The maximum Gasteiger partial charge on any atom is 0.0606 e. The topological polar surface area (TPSA) is 9.23 Å². The summed E-state index contributed by atoms with van der Waals surface area (Å²) >= 11 is 0. The van der Waals surface area contributed by atoms with Crippen LogP contribution in [0.15, 0.2) is 0 Å². The second-order valence-corrected chi connectivity index (χ2v) is 7.03. The Kier molecular flexibility index (Phi) is 5.54. The van der Waals surface area contributed by atoms with Crippen LogP contribution in [0.5, 0.6) is 0 Å². The Hall–Kier alpha value is -0.0400. The van der Waals surface area contributed by atoms with Crippen LogP contribution < -0.4 is 0 Å². The molecule has 0 amide bonds. The quantitative estimate of drug-likeness (QED) is 0.669. The van der Waals surface area contributed by atoms with Crippen LogP contribution in [0, 0.1) is 17.8 Å². The molecule has 0 N–H and O–H groups in total. The highest BCUT2D eigenvalue weighted by molar-refractivity contribution is 4.82. The minimum absolute atomic E-state index is 0.402. The summed E-state index contributed by atoms with van der Waals surface area (Å²) < 4.78 is 6.18. The lowest BCUT2D eigenvalue weighted by molar-refractivity contribution is -0.0538. The Labute approximate surface area is 114 Å². The van der Waals surface area contributed by atoms with Crippen molar-refractivity contribution in [1.82, 2.24) is 0 Å². The van der Waals surface area contributed by atoms with E-state index in [0.717, 1.165) is 17.8 Å². The Balaban J connectivity index is 1.87. The third-order valence-corrected chi connectivity index (χ3v) is 5.18. The predicted molar refractivity (Wildman–Crippen MR) is 77.7 cm³/mol. The molecule has 0 saturated heterocycles. The highest BCUT2D eigenvalue weighted by Crippen LogP contribution is 2.39. The van der Waals surface area contributed by atoms with Gasteiger partial charge in [0.05, 0.1) is 12.2 Å². The molecule has 1 heteroatoms. The normalized spacial score (nSPS) is 38.0. The average Bonchev–Trinajstić information content (AvgIpc) is 2.34. The highest BCUT2D eigenvalue weighted by atomic mass is 16.5. The average molecular weight is 252 g/mol. The number of rotatable bonds is 4. The van der Waals surface area contributed by atoms with Crippen LogP contribution in [0.2, 0.25) is 0 Å². The van der Waals surface area contributed by atoms with Gasteiger partial charge < -0.3 is 4.74 Å². The van der Waals surface area contributed by atoms with Gasteiger partial charge in [-0.05, 0) is 50.9 Å². The summed E-state index contributed by atoms with van der Waals surface area (Å²) in [6.45, 7) is 6.86. The van der Waals surface area contributed by atoms with E-state index < -0.39 is 0 Å². The largest absolute Gasteiger partial charge is 0.375 e. The van der Waals surface area contributed by atoms with E-state index in [0.29, 0.717) is 12.2 Å². The van der Waals surface area contributed by atoms with Crippen molar-refractivity contribution in [2.75, 3.05) is 0 Å². The second-order valence-electron chi connectivity index (χ2n) is 7.03. The maximum absolute atomic E-state index is 6.18. The van der Waals surface area contributed by atoms with E-state index in [-0.39, 0.29) is 0 Å². The molecule has 2 saturated carbocycles. The van der Waals surface area contributed by atoms with Crippen molar-refractivity contribution in [3.63, 3.8) is 0 Å². The summed E-state index contributed by atoms with van der Waals surface area (Å²) in [6, 6.07) is 0. The molecule has 2 aliphatic carbocycles. The molecule has 0 bridgehead atoms. The van der Waals surface area contributed by atoms with E-state index in [1.54, 1.807) is 0 Å². The van der Waals surface area contributed by atoms with E-state index in [2.05, 4.69) is 20.8 Å². The Morgan fingerprint density at radius 1 is 0.889 bits per heavy atom. The van der Waals surface area contributed by atoms with Crippen molar-refractivity contribution >= 4 is 0 Å². The number of hydrogen-bond donors (Lipinski definition) is 0. The summed E-state index contributed by atoms with van der Waals surface area (Å²) in [7, 11) is 0. The molecule has 0 heterocycles. The van der Waals surface area contributed by atoms with Gasteiger partial charge in [0, 0.05) is 0 Å². The van der Waals surface area contributed by atoms with Gasteiger partial charge in [0.1, 0.15) is 0 Å². The first kappa shape index (κ1) is 14.4. The summed E-state index contributed by atoms with van der Waals surface area (Å²) in [6.07, 6.45) is 13.8. The van der Waals surface area contributed by atoms with Crippen LogP contribution >= 0.6 is 0 Å². The van der Waals surface area contributed by atoms with Crippen LogP contribution in [0.4, 0.5) is 0 Å². The predicted octanol–water partition coefficient (Wildman–Crippen LogP) is 5.19. The van der Waals surface area contributed by atoms with E-state index in [1.165, 1.54) is 57.8 Å². The molecule has 0 aromatic carbocycles. The standard InChI is InChI=1S/C17H32O/c1-13(2)18-17-11-7-6-10-16(17)12-15-9-5-4-8-14(15)3/h13-17H,4-12H2,1-3H3. The highest BCUT2D eigenvalue weighted by Gasteiger charge is 2.31. The first-order chi connectivity index (χ1) is 8.66. The van der Waals surface area contributed by atoms with Gasteiger partial charge in [-0.2, -0.15) is 0 Å². The summed E-state index contributed by atoms with van der Waals surface area (Å²) in [5.41, 5.74) is 0. The number of ether oxygens (including phenoxy) is 1. The molecule has 1 nitrogen and oxygen atoms in total. The molecule has 2 aliphatic rings. The fraction of sp³-hybridized carbons (Fsp3) is 1.00. The van der Waals surface area contributed by atoms with Gasteiger partial charge in [0.2, 0.25) is 0 Å². The second kappa shape index (κ2) is 6.93. The Bertz CT molecular complexity index is 236. The molecule has 18 heavy (non-hydrogen) atoms. The molecule has 2 rings (SSSR count). The lowest BCUT2D eigenvalue weighted by atomic mass is 9.72. The molecular weight excluding hydrogens is 220 g/mol. The minimum atomic E-state index is 0.402. The monoisotopic (exact) mass is 252 g/mol. The summed E-state index contributed by atoms with van der Waals surface area (Å²) in [5.74, 6) is 2.80. The van der Waals surface area contributed by atoms with Gasteiger partial charge >= 0.3 is 0 Å². The SMILES string of the molecule is CC(C)OC1CCCCC1CC1CCCCC1C. The fourth-order valence-electron chi connectivity index (χ4n) is 4.10. The summed E-state index contributed by atoms with van der Waals surface area (Å²) in [4.78, 5) is 0. The molecule has 0 aliphatic heterocycles. The molecule has 0 aromatic heterocycles. The maximum atomic E-state index is 6.18. The zero-order valence-electron chi connectivity index (χ0n) is 12.7. The fourth-order valence-corrected chi connectivity index (χ4v) is 4.10. The molecule has 2 fully saturated rings. The van der Waals surface area contributed by atoms with E-state index in [9.17, 15) is 0 Å². The van der Waals surface area contributed by atoms with Crippen LogP contribution in [0.1, 0.15) is 78.6 Å². The van der Waals surface area contributed by atoms with Crippen molar-refractivity contribution in [2.45, 2.75) is 90.8 Å². The van der Waals surface area contributed by atoms with Gasteiger partial charge in [-0.3, -0.25) is 0 Å². The van der Waals surface area contributed by atoms with Crippen molar-refractivity contribution < 1.29 is 4.74 Å². The van der Waals surface area contributed by atoms with Gasteiger partial charge in [0.15, 0.2) is 0 Å². The first-order valence-corrected chi connectivity index (χ1v) is 8.32. The minimum Gasteiger partial charge on any atom is -0.375 e. The molecule has 4 unspecified atom stereocenters.